The number of nitrogens with one attached hydrogen (secondary N) is 1. The zero-order chi connectivity index (χ0) is 35.1. The molecule has 5 aliphatic carbocycles. The van der Waals surface area contributed by atoms with Gasteiger partial charge in [-0.25, -0.2) is 14.8 Å². The van der Waals surface area contributed by atoms with Crippen LogP contribution in [0.4, 0.5) is 10.6 Å². The monoisotopic (exact) mass is 698 g/mol. The van der Waals surface area contributed by atoms with Crippen LogP contribution in [0.25, 0.3) is 10.4 Å². The minimum atomic E-state index is -0.306. The van der Waals surface area contributed by atoms with E-state index in [0.717, 1.165) is 78.4 Å². The fourth-order valence-electron chi connectivity index (χ4n) is 8.78. The average Bonchev–Trinajstić information content (AvgIpc) is 3.62. The lowest BCUT2D eigenvalue weighted by atomic mass is 9.51. The van der Waals surface area contributed by atoms with Crippen LogP contribution < -0.4 is 15.0 Å². The number of thiazole rings is 1. The first kappa shape index (κ1) is 35.0. The van der Waals surface area contributed by atoms with E-state index >= 15 is 0 Å². The molecule has 5 aliphatic rings. The molecular weight excluding hydrogens is 645 g/mol. The number of carbonyl (C=O) groups excluding carboxylic acids is 2. The molecule has 1 aromatic carbocycles. The maximum Gasteiger partial charge on any atom is 0.407 e. The minimum absolute atomic E-state index is 0.0257. The Balaban J connectivity index is 1.10. The number of ether oxygens (including phenoxy) is 2. The summed E-state index contributed by atoms with van der Waals surface area (Å²) in [5.74, 6) is 1.73. The van der Waals surface area contributed by atoms with Crippen LogP contribution in [-0.4, -0.2) is 47.8 Å². The summed E-state index contributed by atoms with van der Waals surface area (Å²) in [5.41, 5.74) is 3.92. The van der Waals surface area contributed by atoms with Crippen LogP contribution in [0.3, 0.4) is 0 Å². The molecule has 0 spiro atoms. The number of benzene rings is 1. The van der Waals surface area contributed by atoms with Crippen molar-refractivity contribution in [2.45, 2.75) is 134 Å². The number of hydrogen-bond donors (Lipinski definition) is 1. The van der Waals surface area contributed by atoms with Gasteiger partial charge in [0.05, 0.1) is 17.0 Å². The average molecular weight is 699 g/mol. The van der Waals surface area contributed by atoms with Crippen LogP contribution in [0.2, 0.25) is 0 Å². The van der Waals surface area contributed by atoms with Gasteiger partial charge in [-0.05, 0) is 136 Å². The molecule has 9 heteroatoms. The molecule has 50 heavy (non-hydrogen) atoms. The summed E-state index contributed by atoms with van der Waals surface area (Å²) < 4.78 is 11.4. The lowest BCUT2D eigenvalue weighted by molar-refractivity contribution is -0.124. The zero-order valence-electron chi connectivity index (χ0n) is 30.6. The molecule has 0 atom stereocenters. The van der Waals surface area contributed by atoms with E-state index in [4.69, 9.17) is 19.4 Å². The molecular formula is C41H54N4O4S. The molecule has 0 saturated heterocycles. The number of alkyl carbamates (subject to hydrolysis) is 1. The van der Waals surface area contributed by atoms with Crippen molar-refractivity contribution < 1.29 is 19.1 Å². The lowest BCUT2D eigenvalue weighted by Crippen LogP contribution is -2.52. The summed E-state index contributed by atoms with van der Waals surface area (Å²) in [5, 5.41) is 4.09. The molecule has 2 aromatic heterocycles. The Hall–Kier alpha value is -3.46. The van der Waals surface area contributed by atoms with Crippen LogP contribution >= 0.6 is 11.3 Å². The van der Waals surface area contributed by atoms with Gasteiger partial charge in [-0.1, -0.05) is 32.9 Å². The van der Waals surface area contributed by atoms with Gasteiger partial charge in [0, 0.05) is 36.3 Å². The summed E-state index contributed by atoms with van der Waals surface area (Å²) >= 11 is 1.71. The van der Waals surface area contributed by atoms with Crippen molar-refractivity contribution in [3.05, 3.63) is 58.9 Å². The SMILES string of the molecule is COc1ccc(C23CCC(CN(C(=O)C4CCC(OC(=O)NC5CCC5)CC4)c4cc(-c5cnc(C(C)(C)C)s5)ccn4)(CC2)CC3)cc1C. The van der Waals surface area contributed by atoms with Crippen molar-refractivity contribution in [1.82, 2.24) is 15.3 Å². The number of rotatable bonds is 9. The fraction of sp³-hybridized carbons (Fsp3) is 0.610. The van der Waals surface area contributed by atoms with Crippen LogP contribution in [0, 0.1) is 18.3 Å². The summed E-state index contributed by atoms with van der Waals surface area (Å²) in [6, 6.07) is 11.1. The number of amides is 2. The molecule has 3 aromatic rings. The van der Waals surface area contributed by atoms with Gasteiger partial charge in [0.25, 0.3) is 0 Å². The van der Waals surface area contributed by atoms with E-state index in [1.54, 1.807) is 18.4 Å². The number of carbonyl (C=O) groups is 2. The molecule has 8 nitrogen and oxygen atoms in total. The molecule has 1 N–H and O–H groups in total. The molecule has 0 aliphatic heterocycles. The summed E-state index contributed by atoms with van der Waals surface area (Å²) in [6.45, 7) is 9.39. The van der Waals surface area contributed by atoms with Gasteiger partial charge in [-0.15, -0.1) is 11.3 Å². The Morgan fingerprint density at radius 3 is 2.28 bits per heavy atom. The molecule has 0 unspecified atom stereocenters. The number of pyridine rings is 1. The number of aryl methyl sites for hydroxylation is 1. The van der Waals surface area contributed by atoms with Crippen LogP contribution in [0.15, 0.2) is 42.7 Å². The minimum Gasteiger partial charge on any atom is -0.496 e. The standard InChI is InChI=1S/C41H54N4O4S/c1-27-23-30(11-14-33(27)48-5)41-19-16-40(17-20-41,18-21-41)26-45(35-24-29(15-22-42-35)34-25-43-37(50-34)39(2,3)4)36(46)28-9-12-32(13-10-28)49-38(47)44-31-7-6-8-31/h11,14-15,22-25,28,31-32H,6-10,12-13,16-21,26H2,1-5H3,(H,44,47). The highest BCUT2D eigenvalue weighted by atomic mass is 32.1. The Morgan fingerprint density at radius 2 is 1.68 bits per heavy atom. The van der Waals surface area contributed by atoms with Gasteiger partial charge in [0.15, 0.2) is 0 Å². The van der Waals surface area contributed by atoms with Crippen LogP contribution in [-0.2, 0) is 20.4 Å². The Morgan fingerprint density at radius 1 is 0.960 bits per heavy atom. The smallest absolute Gasteiger partial charge is 0.407 e. The highest BCUT2D eigenvalue weighted by Gasteiger charge is 2.51. The Kier molecular flexibility index (Phi) is 9.74. The van der Waals surface area contributed by atoms with Gasteiger partial charge in [-0.2, -0.15) is 0 Å². The number of aromatic nitrogens is 2. The predicted molar refractivity (Wildman–Crippen MR) is 199 cm³/mol. The van der Waals surface area contributed by atoms with Crippen molar-refractivity contribution in [2.24, 2.45) is 11.3 Å². The van der Waals surface area contributed by atoms with Crippen LogP contribution in [0.1, 0.15) is 120 Å². The van der Waals surface area contributed by atoms with Crippen molar-refractivity contribution in [1.29, 1.82) is 0 Å². The van der Waals surface area contributed by atoms with Crippen molar-refractivity contribution in [2.75, 3.05) is 18.6 Å². The Bertz CT molecular complexity index is 1680. The predicted octanol–water partition coefficient (Wildman–Crippen LogP) is 9.28. The van der Waals surface area contributed by atoms with Crippen molar-refractivity contribution >= 4 is 29.2 Å². The zero-order valence-corrected chi connectivity index (χ0v) is 31.4. The van der Waals surface area contributed by atoms with E-state index in [-0.39, 0.29) is 46.3 Å². The second-order valence-corrected chi connectivity index (χ2v) is 17.8. The van der Waals surface area contributed by atoms with Gasteiger partial charge in [-0.3, -0.25) is 9.69 Å². The molecule has 2 amide bonds. The highest BCUT2D eigenvalue weighted by molar-refractivity contribution is 7.15. The summed E-state index contributed by atoms with van der Waals surface area (Å²) in [6.07, 6.45) is 16.2. The van der Waals surface area contributed by atoms with E-state index in [9.17, 15) is 9.59 Å². The third-order valence-electron chi connectivity index (χ3n) is 12.3. The molecule has 5 saturated carbocycles. The lowest BCUT2D eigenvalue weighted by Gasteiger charge is -2.55. The summed E-state index contributed by atoms with van der Waals surface area (Å²) in [7, 11) is 1.74. The van der Waals surface area contributed by atoms with Crippen molar-refractivity contribution in [3.63, 3.8) is 0 Å². The third kappa shape index (κ3) is 7.17. The quantitative estimate of drug-likeness (QED) is 0.240. The fourth-order valence-corrected chi connectivity index (χ4v) is 9.75. The van der Waals surface area contributed by atoms with Crippen LogP contribution in [0.5, 0.6) is 5.75 Å². The topological polar surface area (TPSA) is 93.6 Å². The second-order valence-electron chi connectivity index (χ2n) is 16.7. The first-order valence-corrected chi connectivity index (χ1v) is 19.6. The van der Waals surface area contributed by atoms with E-state index in [1.165, 1.54) is 17.5 Å². The maximum absolute atomic E-state index is 14.7. The van der Waals surface area contributed by atoms with E-state index in [2.05, 4.69) is 57.3 Å². The second kappa shape index (κ2) is 13.9. The molecule has 5 fully saturated rings. The number of fused-ring (bicyclic) bond motifs is 3. The molecule has 0 radical (unpaired) electrons. The van der Waals surface area contributed by atoms with Gasteiger partial charge in [0.2, 0.25) is 5.91 Å². The summed E-state index contributed by atoms with van der Waals surface area (Å²) in [4.78, 5) is 39.9. The third-order valence-corrected chi connectivity index (χ3v) is 13.8. The largest absolute Gasteiger partial charge is 0.496 e. The molecule has 268 valence electrons. The number of hydrogen-bond acceptors (Lipinski definition) is 7. The number of anilines is 1. The van der Waals surface area contributed by atoms with Gasteiger partial charge < -0.3 is 14.8 Å². The van der Waals surface area contributed by atoms with Gasteiger partial charge >= 0.3 is 6.09 Å². The number of methoxy groups -OCH3 is 1. The highest BCUT2D eigenvalue weighted by Crippen LogP contribution is 2.58. The first-order valence-electron chi connectivity index (χ1n) is 18.8. The molecule has 2 heterocycles. The van der Waals surface area contributed by atoms with E-state index < -0.39 is 0 Å². The number of nitrogens with zero attached hydrogens (tertiary/aromatic N) is 3. The molecule has 2 bridgehead atoms. The van der Waals surface area contributed by atoms with Gasteiger partial charge in [0.1, 0.15) is 17.7 Å². The van der Waals surface area contributed by atoms with Crippen molar-refractivity contribution in [3.8, 4) is 16.2 Å². The first-order chi connectivity index (χ1) is 24.0. The van der Waals surface area contributed by atoms with E-state index in [0.29, 0.717) is 32.2 Å². The maximum atomic E-state index is 14.7. The molecule has 8 rings (SSSR count). The normalized spacial score (nSPS) is 26.6. The Labute approximate surface area is 301 Å². The van der Waals surface area contributed by atoms with E-state index in [1.807, 2.05) is 23.4 Å².